The highest BCUT2D eigenvalue weighted by Gasteiger charge is 2.24. The molecule has 6 rings (SSSR count). The van der Waals surface area contributed by atoms with Crippen LogP contribution < -0.4 is 5.32 Å². The molecule has 1 aliphatic heterocycles. The first-order valence-corrected chi connectivity index (χ1v) is 13.3. The number of H-pyrrole nitrogens is 1. The van der Waals surface area contributed by atoms with E-state index in [0.717, 1.165) is 39.0 Å². The average Bonchev–Trinajstić information content (AvgIpc) is 3.42. The topological polar surface area (TPSA) is 102 Å². The first-order valence-electron chi connectivity index (χ1n) is 13.3. The number of phenols is 1. The summed E-state index contributed by atoms with van der Waals surface area (Å²) in [6.07, 6.45) is 3.79. The highest BCUT2D eigenvalue weighted by molar-refractivity contribution is 5.90. The predicted molar refractivity (Wildman–Crippen MR) is 156 cm³/mol. The molecule has 3 N–H and O–H groups in total. The molecule has 0 bridgehead atoms. The monoisotopic (exact) mass is 531 g/mol. The van der Waals surface area contributed by atoms with Gasteiger partial charge in [-0.05, 0) is 41.5 Å². The van der Waals surface area contributed by atoms with Crippen LogP contribution in [0.2, 0.25) is 0 Å². The third-order valence-electron chi connectivity index (χ3n) is 7.32. The second kappa shape index (κ2) is 10.9. The number of phenolic OH excluding ortho intramolecular Hbond substituents is 1. The third kappa shape index (κ3) is 5.24. The molecule has 1 saturated heterocycles. The largest absolute Gasteiger partial charge is 0.507 e. The highest BCUT2D eigenvalue weighted by Crippen LogP contribution is 2.38. The van der Waals surface area contributed by atoms with Gasteiger partial charge in [0.05, 0.1) is 23.8 Å². The van der Waals surface area contributed by atoms with Gasteiger partial charge in [0.2, 0.25) is 5.91 Å². The van der Waals surface area contributed by atoms with Crippen molar-refractivity contribution in [1.29, 1.82) is 0 Å². The number of nitrogens with one attached hydrogen (secondary N) is 2. The summed E-state index contributed by atoms with van der Waals surface area (Å²) in [5, 5.41) is 15.0. The van der Waals surface area contributed by atoms with Gasteiger partial charge in [-0.1, -0.05) is 54.6 Å². The Bertz CT molecular complexity index is 1620. The van der Waals surface area contributed by atoms with Crippen molar-refractivity contribution in [3.05, 3.63) is 103 Å². The highest BCUT2D eigenvalue weighted by atomic mass is 16.3. The quantitative estimate of drug-likeness (QED) is 0.278. The molecule has 1 aliphatic rings. The van der Waals surface area contributed by atoms with E-state index in [1.807, 2.05) is 89.8 Å². The van der Waals surface area contributed by atoms with Gasteiger partial charge in [-0.25, -0.2) is 4.79 Å². The van der Waals surface area contributed by atoms with Crippen molar-refractivity contribution in [2.24, 2.45) is 0 Å². The van der Waals surface area contributed by atoms with Crippen molar-refractivity contribution in [2.45, 2.75) is 6.42 Å². The zero-order chi connectivity index (χ0) is 27.5. The molecular weight excluding hydrogens is 502 g/mol. The van der Waals surface area contributed by atoms with Crippen molar-refractivity contribution >= 4 is 28.5 Å². The number of rotatable bonds is 5. The fourth-order valence-corrected chi connectivity index (χ4v) is 5.08. The van der Waals surface area contributed by atoms with Gasteiger partial charge in [0.1, 0.15) is 5.75 Å². The molecule has 2 aromatic heterocycles. The zero-order valence-electron chi connectivity index (χ0n) is 21.9. The lowest BCUT2D eigenvalue weighted by molar-refractivity contribution is -0.131. The molecule has 0 radical (unpaired) electrons. The number of piperazine rings is 1. The smallest absolute Gasteiger partial charge is 0.321 e. The molecule has 40 heavy (non-hydrogen) atoms. The Morgan fingerprint density at radius 1 is 0.850 bits per heavy atom. The lowest BCUT2D eigenvalue weighted by Crippen LogP contribution is -2.52. The second-order valence-corrected chi connectivity index (χ2v) is 9.89. The van der Waals surface area contributed by atoms with Gasteiger partial charge in [0.25, 0.3) is 0 Å². The lowest BCUT2D eigenvalue weighted by atomic mass is 9.98. The standard InChI is InChI=1S/C32H29N5O3/c38-30(36-15-17-37(18-16-36)32(40)34-25-5-2-1-3-6-25)19-22-9-11-23(12-10-22)26-7-4-8-27(31(26)39)28-20-24-13-14-33-21-29(24)35-28/h1-14,20-21,35,39H,15-19H2,(H,34,40). The number of pyridine rings is 1. The van der Waals surface area contributed by atoms with Crippen LogP contribution >= 0.6 is 0 Å². The minimum atomic E-state index is -0.150. The Kier molecular flexibility index (Phi) is 6.89. The molecule has 200 valence electrons. The summed E-state index contributed by atoms with van der Waals surface area (Å²) in [5.74, 6) is 0.231. The van der Waals surface area contributed by atoms with E-state index >= 15 is 0 Å². The molecular formula is C32H29N5O3. The van der Waals surface area contributed by atoms with E-state index in [9.17, 15) is 14.7 Å². The van der Waals surface area contributed by atoms with Gasteiger partial charge >= 0.3 is 6.03 Å². The number of aromatic amines is 1. The number of urea groups is 1. The van der Waals surface area contributed by atoms with Crippen LogP contribution in [0, 0.1) is 0 Å². The van der Waals surface area contributed by atoms with Crippen molar-refractivity contribution in [1.82, 2.24) is 19.8 Å². The Hall–Kier alpha value is -5.11. The number of nitrogens with zero attached hydrogens (tertiary/aromatic N) is 3. The Morgan fingerprint density at radius 3 is 2.33 bits per heavy atom. The average molecular weight is 532 g/mol. The maximum Gasteiger partial charge on any atom is 0.321 e. The van der Waals surface area contributed by atoms with Crippen molar-refractivity contribution in [2.75, 3.05) is 31.5 Å². The van der Waals surface area contributed by atoms with Gasteiger partial charge in [-0.2, -0.15) is 0 Å². The van der Waals surface area contributed by atoms with Crippen molar-refractivity contribution in [3.63, 3.8) is 0 Å². The van der Waals surface area contributed by atoms with E-state index in [1.165, 1.54) is 0 Å². The summed E-state index contributed by atoms with van der Waals surface area (Å²) in [6, 6.07) is 26.5. The molecule has 0 unspecified atom stereocenters. The summed E-state index contributed by atoms with van der Waals surface area (Å²) in [6.45, 7) is 1.99. The lowest BCUT2D eigenvalue weighted by Gasteiger charge is -2.34. The summed E-state index contributed by atoms with van der Waals surface area (Å²) < 4.78 is 0. The molecule has 0 atom stereocenters. The number of anilines is 1. The van der Waals surface area contributed by atoms with Crippen LogP contribution in [-0.2, 0) is 11.2 Å². The fourth-order valence-electron chi connectivity index (χ4n) is 5.08. The van der Waals surface area contributed by atoms with Crippen LogP contribution in [0.4, 0.5) is 10.5 Å². The second-order valence-electron chi connectivity index (χ2n) is 9.89. The molecule has 3 heterocycles. The molecule has 8 nitrogen and oxygen atoms in total. The molecule has 3 amide bonds. The van der Waals surface area contributed by atoms with Gasteiger partial charge in [-0.15, -0.1) is 0 Å². The van der Waals surface area contributed by atoms with Crippen LogP contribution in [0.5, 0.6) is 5.75 Å². The molecule has 0 spiro atoms. The van der Waals surface area contributed by atoms with E-state index in [2.05, 4.69) is 15.3 Å². The summed E-state index contributed by atoms with van der Waals surface area (Å²) in [5.41, 5.74) is 5.69. The number of carbonyl (C=O) groups is 2. The first kappa shape index (κ1) is 25.2. The summed E-state index contributed by atoms with van der Waals surface area (Å²) >= 11 is 0. The van der Waals surface area contributed by atoms with E-state index in [4.69, 9.17) is 0 Å². The first-order chi connectivity index (χ1) is 19.5. The van der Waals surface area contributed by atoms with Crippen LogP contribution in [0.3, 0.4) is 0 Å². The van der Waals surface area contributed by atoms with Crippen molar-refractivity contribution in [3.8, 4) is 28.1 Å². The fraction of sp³-hybridized carbons (Fsp3) is 0.156. The zero-order valence-corrected chi connectivity index (χ0v) is 21.9. The minimum absolute atomic E-state index is 0.0361. The SMILES string of the molecule is O=C(Cc1ccc(-c2cccc(-c3cc4ccncc4[nH]3)c2O)cc1)N1CCN(C(=O)Nc2ccccc2)CC1. The van der Waals surface area contributed by atoms with Crippen molar-refractivity contribution < 1.29 is 14.7 Å². The molecule has 0 aliphatic carbocycles. The number of para-hydroxylation sites is 2. The number of fused-ring (bicyclic) bond motifs is 1. The predicted octanol–water partition coefficient (Wildman–Crippen LogP) is 5.52. The number of hydrogen-bond acceptors (Lipinski definition) is 4. The number of amides is 3. The van der Waals surface area contributed by atoms with E-state index < -0.39 is 0 Å². The van der Waals surface area contributed by atoms with E-state index in [1.54, 1.807) is 17.3 Å². The van der Waals surface area contributed by atoms with Crippen LogP contribution in [0.15, 0.2) is 97.3 Å². The Balaban J connectivity index is 1.08. The van der Waals surface area contributed by atoms with Crippen LogP contribution in [0.1, 0.15) is 5.56 Å². The van der Waals surface area contributed by atoms with Gasteiger partial charge in [-0.3, -0.25) is 9.78 Å². The molecule has 1 fully saturated rings. The van der Waals surface area contributed by atoms with Gasteiger partial charge < -0.3 is 25.2 Å². The minimum Gasteiger partial charge on any atom is -0.507 e. The normalized spacial score (nSPS) is 13.4. The van der Waals surface area contributed by atoms with Gasteiger partial charge in [0.15, 0.2) is 0 Å². The van der Waals surface area contributed by atoms with Gasteiger partial charge in [0, 0.05) is 54.6 Å². The summed E-state index contributed by atoms with van der Waals surface area (Å²) in [4.78, 5) is 36.5. The molecule has 0 saturated carbocycles. The van der Waals surface area contributed by atoms with E-state index in [0.29, 0.717) is 31.7 Å². The maximum atomic E-state index is 13.0. The number of benzene rings is 3. The number of carbonyl (C=O) groups excluding carboxylic acids is 2. The van der Waals surface area contributed by atoms with Crippen LogP contribution in [-0.4, -0.2) is 63.0 Å². The number of aromatic hydroxyl groups is 1. The van der Waals surface area contributed by atoms with Crippen LogP contribution in [0.25, 0.3) is 33.3 Å². The molecule has 8 heteroatoms. The molecule has 3 aromatic carbocycles. The Labute approximate surface area is 231 Å². The van der Waals surface area contributed by atoms with E-state index in [-0.39, 0.29) is 24.1 Å². The molecule has 5 aromatic rings. The maximum absolute atomic E-state index is 13.0. The Morgan fingerprint density at radius 2 is 1.57 bits per heavy atom. The number of hydrogen-bond donors (Lipinski definition) is 3. The summed E-state index contributed by atoms with van der Waals surface area (Å²) in [7, 11) is 0. The number of aromatic nitrogens is 2. The third-order valence-corrected chi connectivity index (χ3v) is 7.32.